The molecule has 1 N–H and O–H groups in total. The maximum atomic E-state index is 12.1. The number of rotatable bonds is 3. The summed E-state index contributed by atoms with van der Waals surface area (Å²) < 4.78 is 0. The van der Waals surface area contributed by atoms with Crippen LogP contribution >= 0.6 is 0 Å². The van der Waals surface area contributed by atoms with E-state index in [1.165, 1.54) is 5.57 Å². The fourth-order valence-electron chi connectivity index (χ4n) is 2.11. The highest BCUT2D eigenvalue weighted by Gasteiger charge is 2.21. The number of hydrogen-bond donors (Lipinski definition) is 1. The largest absolute Gasteiger partial charge is 0.353 e. The average Bonchev–Trinajstić information content (AvgIpc) is 2.53. The van der Waals surface area contributed by atoms with Crippen LogP contribution in [-0.4, -0.2) is 42.1 Å². The van der Waals surface area contributed by atoms with Crippen LogP contribution in [0.4, 0.5) is 10.6 Å². The number of allylic oxidation sites excluding steroid dienone is 1. The van der Waals surface area contributed by atoms with Crippen LogP contribution in [-0.2, 0) is 0 Å². The van der Waals surface area contributed by atoms with Crippen molar-refractivity contribution in [2.24, 2.45) is 5.92 Å². The molecule has 0 saturated carbocycles. The molecule has 114 valence electrons. The maximum absolute atomic E-state index is 12.1. The molecule has 1 aliphatic heterocycles. The van der Waals surface area contributed by atoms with Crippen molar-refractivity contribution in [1.29, 1.82) is 0 Å². The molecule has 0 spiro atoms. The zero-order valence-electron chi connectivity index (χ0n) is 13.0. The third-order valence-electron chi connectivity index (χ3n) is 3.87. The van der Waals surface area contributed by atoms with Gasteiger partial charge in [0.1, 0.15) is 5.82 Å². The average molecular weight is 288 g/mol. The molecule has 1 saturated heterocycles. The molecule has 0 bridgehead atoms. The van der Waals surface area contributed by atoms with E-state index in [1.54, 1.807) is 6.20 Å². The maximum Gasteiger partial charge on any atom is 0.321 e. The zero-order chi connectivity index (χ0) is 15.2. The Morgan fingerprint density at radius 2 is 2.00 bits per heavy atom. The second-order valence-electron chi connectivity index (χ2n) is 5.65. The molecule has 1 aliphatic rings. The van der Waals surface area contributed by atoms with Crippen LogP contribution < -0.4 is 10.2 Å². The molecule has 1 aromatic heterocycles. The van der Waals surface area contributed by atoms with Crippen molar-refractivity contribution in [1.82, 2.24) is 15.2 Å². The molecular weight excluding hydrogens is 264 g/mol. The van der Waals surface area contributed by atoms with Gasteiger partial charge in [-0.1, -0.05) is 25.5 Å². The highest BCUT2D eigenvalue weighted by atomic mass is 16.2. The Morgan fingerprint density at radius 1 is 1.29 bits per heavy atom. The van der Waals surface area contributed by atoms with Gasteiger partial charge in [-0.25, -0.2) is 9.78 Å². The van der Waals surface area contributed by atoms with Gasteiger partial charge in [0, 0.05) is 38.6 Å². The normalized spacial score (nSPS) is 16.3. The summed E-state index contributed by atoms with van der Waals surface area (Å²) in [6.45, 7) is 9.33. The quantitative estimate of drug-likeness (QED) is 0.929. The fraction of sp³-hybridized carbons (Fsp3) is 0.500. The number of carbonyl (C=O) groups is 1. The lowest BCUT2D eigenvalue weighted by molar-refractivity contribution is 0.198. The van der Waals surface area contributed by atoms with Crippen LogP contribution in [0.15, 0.2) is 36.2 Å². The lowest BCUT2D eigenvalue weighted by Gasteiger charge is -2.35. The Labute approximate surface area is 126 Å². The minimum Gasteiger partial charge on any atom is -0.353 e. The number of piperazine rings is 1. The summed E-state index contributed by atoms with van der Waals surface area (Å²) in [6, 6.07) is 5.89. The summed E-state index contributed by atoms with van der Waals surface area (Å²) >= 11 is 0. The summed E-state index contributed by atoms with van der Waals surface area (Å²) in [7, 11) is 0. The monoisotopic (exact) mass is 288 g/mol. The molecule has 0 aliphatic carbocycles. The minimum atomic E-state index is -0.0179. The molecule has 21 heavy (non-hydrogen) atoms. The van der Waals surface area contributed by atoms with Crippen molar-refractivity contribution in [3.63, 3.8) is 0 Å². The van der Waals surface area contributed by atoms with Crippen molar-refractivity contribution in [2.75, 3.05) is 31.1 Å². The first-order valence-electron chi connectivity index (χ1n) is 7.46. The summed E-state index contributed by atoms with van der Waals surface area (Å²) in [5.41, 5.74) is 1.18. The molecule has 2 amide bonds. The lowest BCUT2D eigenvalue weighted by atomic mass is 10.1. The van der Waals surface area contributed by atoms with E-state index in [4.69, 9.17) is 0 Å². The predicted octanol–water partition coefficient (Wildman–Crippen LogP) is 2.47. The Bertz CT molecular complexity index is 490. The second kappa shape index (κ2) is 7.11. The molecule has 2 heterocycles. The highest BCUT2D eigenvalue weighted by Crippen LogP contribution is 2.12. The van der Waals surface area contributed by atoms with Crippen LogP contribution in [0.3, 0.4) is 0 Å². The van der Waals surface area contributed by atoms with Crippen molar-refractivity contribution >= 4 is 11.8 Å². The van der Waals surface area contributed by atoms with Crippen LogP contribution in [0.2, 0.25) is 0 Å². The first-order chi connectivity index (χ1) is 10.1. The van der Waals surface area contributed by atoms with Gasteiger partial charge < -0.3 is 15.1 Å². The number of pyridine rings is 1. The minimum absolute atomic E-state index is 0.0179. The van der Waals surface area contributed by atoms with Gasteiger partial charge in [-0.2, -0.15) is 0 Å². The molecule has 0 unspecified atom stereocenters. The van der Waals surface area contributed by atoms with Crippen LogP contribution in [0, 0.1) is 5.92 Å². The van der Waals surface area contributed by atoms with E-state index in [0.29, 0.717) is 5.92 Å². The summed E-state index contributed by atoms with van der Waals surface area (Å²) in [4.78, 5) is 20.5. The topological polar surface area (TPSA) is 48.5 Å². The molecule has 0 radical (unpaired) electrons. The predicted molar refractivity (Wildman–Crippen MR) is 85.1 cm³/mol. The number of amides is 2. The number of carbonyl (C=O) groups excluding carboxylic acids is 1. The van der Waals surface area contributed by atoms with Gasteiger partial charge in [-0.05, 0) is 25.0 Å². The molecule has 1 aromatic rings. The fourth-order valence-corrected chi connectivity index (χ4v) is 2.11. The van der Waals surface area contributed by atoms with E-state index in [1.807, 2.05) is 36.2 Å². The number of nitrogens with zero attached hydrogens (tertiary/aromatic N) is 3. The molecule has 5 nitrogen and oxygen atoms in total. The Kier molecular flexibility index (Phi) is 5.20. The van der Waals surface area contributed by atoms with E-state index in [9.17, 15) is 4.79 Å². The van der Waals surface area contributed by atoms with Crippen LogP contribution in [0.5, 0.6) is 0 Å². The molecule has 1 fully saturated rings. The van der Waals surface area contributed by atoms with Gasteiger partial charge in [0.05, 0.1) is 0 Å². The number of hydrogen-bond acceptors (Lipinski definition) is 3. The van der Waals surface area contributed by atoms with E-state index in [-0.39, 0.29) is 6.03 Å². The standard InChI is InChI=1S/C16H24N4O/c1-13(2)14(3)12-18-16(21)20-10-8-19(9-11-20)15-6-4-5-7-17-15/h4-7,12-13H,8-11H2,1-3H3,(H,18,21)/b14-12+. The van der Waals surface area contributed by atoms with Crippen LogP contribution in [0.25, 0.3) is 0 Å². The molecule has 0 aromatic carbocycles. The number of anilines is 1. The summed E-state index contributed by atoms with van der Waals surface area (Å²) in [5, 5.41) is 2.88. The number of aromatic nitrogens is 1. The van der Waals surface area contributed by atoms with Crippen molar-refractivity contribution in [3.8, 4) is 0 Å². The highest BCUT2D eigenvalue weighted by molar-refractivity contribution is 5.75. The molecule has 5 heteroatoms. The van der Waals surface area contributed by atoms with Crippen LogP contribution in [0.1, 0.15) is 20.8 Å². The summed E-state index contributed by atoms with van der Waals surface area (Å²) in [5.74, 6) is 1.43. The lowest BCUT2D eigenvalue weighted by Crippen LogP contribution is -2.51. The van der Waals surface area contributed by atoms with Crippen molar-refractivity contribution in [3.05, 3.63) is 36.2 Å². The SMILES string of the molecule is C/C(=C\NC(=O)N1CCN(c2ccccn2)CC1)C(C)C. The Morgan fingerprint density at radius 3 is 2.57 bits per heavy atom. The van der Waals surface area contributed by atoms with Crippen molar-refractivity contribution < 1.29 is 4.79 Å². The summed E-state index contributed by atoms with van der Waals surface area (Å²) in [6.07, 6.45) is 3.62. The molecular formula is C16H24N4O. The third kappa shape index (κ3) is 4.21. The van der Waals surface area contributed by atoms with Gasteiger partial charge in [0.2, 0.25) is 0 Å². The van der Waals surface area contributed by atoms with Gasteiger partial charge in [-0.15, -0.1) is 0 Å². The Hall–Kier alpha value is -2.04. The Balaban J connectivity index is 1.84. The van der Waals surface area contributed by atoms with E-state index < -0.39 is 0 Å². The van der Waals surface area contributed by atoms with Gasteiger partial charge in [0.15, 0.2) is 0 Å². The number of urea groups is 1. The zero-order valence-corrected chi connectivity index (χ0v) is 13.0. The van der Waals surface area contributed by atoms with Gasteiger partial charge in [-0.3, -0.25) is 0 Å². The third-order valence-corrected chi connectivity index (χ3v) is 3.87. The number of nitrogens with one attached hydrogen (secondary N) is 1. The van der Waals surface area contributed by atoms with E-state index >= 15 is 0 Å². The molecule has 2 rings (SSSR count). The van der Waals surface area contributed by atoms with Gasteiger partial charge in [0.25, 0.3) is 0 Å². The second-order valence-corrected chi connectivity index (χ2v) is 5.65. The molecule has 0 atom stereocenters. The van der Waals surface area contributed by atoms with E-state index in [0.717, 1.165) is 32.0 Å². The van der Waals surface area contributed by atoms with Gasteiger partial charge >= 0.3 is 6.03 Å². The van der Waals surface area contributed by atoms with E-state index in [2.05, 4.69) is 29.0 Å². The smallest absolute Gasteiger partial charge is 0.321 e. The van der Waals surface area contributed by atoms with Crippen molar-refractivity contribution in [2.45, 2.75) is 20.8 Å². The first kappa shape index (κ1) is 15.4. The first-order valence-corrected chi connectivity index (χ1v) is 7.46.